The van der Waals surface area contributed by atoms with Gasteiger partial charge in [0.15, 0.2) is 0 Å². The molecule has 0 saturated heterocycles. The Morgan fingerprint density at radius 2 is 2.21 bits per heavy atom. The molecule has 0 spiro atoms. The van der Waals surface area contributed by atoms with Gasteiger partial charge >= 0.3 is 5.97 Å². The van der Waals surface area contributed by atoms with Crippen molar-refractivity contribution in [2.75, 3.05) is 7.11 Å². The maximum absolute atomic E-state index is 11.8. The summed E-state index contributed by atoms with van der Waals surface area (Å²) in [5, 5.41) is 1.20. The number of para-hydroxylation sites is 1. The predicted molar refractivity (Wildman–Crippen MR) is 76.9 cm³/mol. The van der Waals surface area contributed by atoms with E-state index in [4.69, 9.17) is 4.74 Å². The Morgan fingerprint density at radius 3 is 2.84 bits per heavy atom. The normalized spacial score (nSPS) is 12.3. The molecule has 1 heterocycles. The predicted octanol–water partition coefficient (Wildman–Crippen LogP) is 3.09. The Kier molecular flexibility index (Phi) is 4.05. The Labute approximate surface area is 113 Å². The van der Waals surface area contributed by atoms with Crippen molar-refractivity contribution < 1.29 is 9.53 Å². The number of hydrogen-bond acceptors (Lipinski definition) is 2. The minimum atomic E-state index is -0.176. The van der Waals surface area contributed by atoms with Crippen LogP contribution in [0.5, 0.6) is 0 Å². The van der Waals surface area contributed by atoms with Crippen LogP contribution in [0, 0.1) is 5.92 Å². The first-order chi connectivity index (χ1) is 9.17. The fourth-order valence-corrected chi connectivity index (χ4v) is 2.43. The lowest BCUT2D eigenvalue weighted by molar-refractivity contribution is -0.145. The van der Waals surface area contributed by atoms with Crippen LogP contribution in [0.1, 0.15) is 12.1 Å². The molecule has 1 aromatic heterocycles. The van der Waals surface area contributed by atoms with Crippen molar-refractivity contribution >= 4 is 16.9 Å². The van der Waals surface area contributed by atoms with Crippen molar-refractivity contribution in [3.63, 3.8) is 0 Å². The van der Waals surface area contributed by atoms with Crippen LogP contribution in [-0.4, -0.2) is 17.6 Å². The zero-order chi connectivity index (χ0) is 13.8. The molecule has 0 aliphatic carbocycles. The van der Waals surface area contributed by atoms with E-state index in [1.54, 1.807) is 6.08 Å². The molecule has 19 heavy (non-hydrogen) atoms. The average molecular weight is 257 g/mol. The van der Waals surface area contributed by atoms with E-state index in [1.165, 1.54) is 18.0 Å². The van der Waals surface area contributed by atoms with Gasteiger partial charge in [-0.2, -0.15) is 0 Å². The van der Waals surface area contributed by atoms with Crippen molar-refractivity contribution in [3.8, 4) is 0 Å². The summed E-state index contributed by atoms with van der Waals surface area (Å²) < 4.78 is 6.99. The number of aryl methyl sites for hydroxylation is 1. The number of fused-ring (bicyclic) bond motifs is 1. The quantitative estimate of drug-likeness (QED) is 0.609. The van der Waals surface area contributed by atoms with E-state index in [9.17, 15) is 4.79 Å². The number of esters is 1. The highest BCUT2D eigenvalue weighted by molar-refractivity contribution is 5.81. The van der Waals surface area contributed by atoms with Crippen LogP contribution >= 0.6 is 0 Å². The number of hydrogen-bond donors (Lipinski definition) is 0. The molecule has 0 aliphatic heterocycles. The Bertz CT molecular complexity index is 598. The Hall–Kier alpha value is -2.03. The van der Waals surface area contributed by atoms with Crippen molar-refractivity contribution in [2.45, 2.75) is 12.8 Å². The molecule has 1 aromatic carbocycles. The van der Waals surface area contributed by atoms with Crippen LogP contribution in [0.2, 0.25) is 0 Å². The fourth-order valence-electron chi connectivity index (χ4n) is 2.43. The van der Waals surface area contributed by atoms with E-state index in [0.717, 1.165) is 5.69 Å². The number of rotatable bonds is 5. The second-order valence-electron chi connectivity index (χ2n) is 4.70. The molecule has 0 fully saturated rings. The third kappa shape index (κ3) is 2.70. The molecule has 0 radical (unpaired) electrons. The molecule has 3 nitrogen and oxygen atoms in total. The largest absolute Gasteiger partial charge is 0.469 e. The summed E-state index contributed by atoms with van der Waals surface area (Å²) >= 11 is 0. The lowest BCUT2D eigenvalue weighted by Crippen LogP contribution is -2.19. The molecule has 0 aliphatic rings. The lowest BCUT2D eigenvalue weighted by Gasteiger charge is -2.13. The van der Waals surface area contributed by atoms with Crippen molar-refractivity contribution in [2.24, 2.45) is 13.0 Å². The van der Waals surface area contributed by atoms with Crippen LogP contribution in [0.25, 0.3) is 10.9 Å². The summed E-state index contributed by atoms with van der Waals surface area (Å²) in [6.45, 7) is 3.71. The summed E-state index contributed by atoms with van der Waals surface area (Å²) in [5.74, 6) is -0.337. The lowest BCUT2D eigenvalue weighted by atomic mass is 9.99. The number of carbonyl (C=O) groups is 1. The Balaban J connectivity index is 2.30. The van der Waals surface area contributed by atoms with Gasteiger partial charge in [-0.1, -0.05) is 24.3 Å². The van der Waals surface area contributed by atoms with E-state index in [1.807, 2.05) is 19.2 Å². The van der Waals surface area contributed by atoms with Gasteiger partial charge in [0.05, 0.1) is 13.0 Å². The molecule has 0 bridgehead atoms. The average Bonchev–Trinajstić information content (AvgIpc) is 2.75. The first-order valence-corrected chi connectivity index (χ1v) is 6.39. The highest BCUT2D eigenvalue weighted by Gasteiger charge is 2.20. The van der Waals surface area contributed by atoms with E-state index in [-0.39, 0.29) is 11.9 Å². The summed E-state index contributed by atoms with van der Waals surface area (Å²) in [7, 11) is 3.46. The van der Waals surface area contributed by atoms with Crippen molar-refractivity contribution in [1.82, 2.24) is 4.57 Å². The van der Waals surface area contributed by atoms with Gasteiger partial charge in [-0.3, -0.25) is 4.79 Å². The second kappa shape index (κ2) is 5.74. The van der Waals surface area contributed by atoms with Gasteiger partial charge in [0, 0.05) is 24.7 Å². The third-order valence-corrected chi connectivity index (χ3v) is 3.49. The monoisotopic (exact) mass is 257 g/mol. The fraction of sp³-hybridized carbons (Fsp3) is 0.312. The molecule has 0 amide bonds. The summed E-state index contributed by atoms with van der Waals surface area (Å²) in [6.07, 6.45) is 3.07. The first kappa shape index (κ1) is 13.4. The number of methoxy groups -OCH3 is 1. The standard InChI is InChI=1S/C16H19NO2/c1-4-7-13(16(18)19-3)11-14-10-12-8-5-6-9-15(12)17(14)2/h4-6,8-10,13H,1,7,11H2,2-3H3. The number of ether oxygens (including phenoxy) is 1. The highest BCUT2D eigenvalue weighted by Crippen LogP contribution is 2.22. The highest BCUT2D eigenvalue weighted by atomic mass is 16.5. The van der Waals surface area contributed by atoms with E-state index < -0.39 is 0 Å². The first-order valence-electron chi connectivity index (χ1n) is 6.39. The smallest absolute Gasteiger partial charge is 0.309 e. The maximum Gasteiger partial charge on any atom is 0.309 e. The van der Waals surface area contributed by atoms with Crippen molar-refractivity contribution in [1.29, 1.82) is 0 Å². The topological polar surface area (TPSA) is 31.2 Å². The summed E-state index contributed by atoms with van der Waals surface area (Å²) in [5.41, 5.74) is 2.32. The van der Waals surface area contributed by atoms with Gasteiger partial charge in [0.2, 0.25) is 0 Å². The number of nitrogens with zero attached hydrogens (tertiary/aromatic N) is 1. The molecule has 2 rings (SSSR count). The maximum atomic E-state index is 11.8. The number of carbonyl (C=O) groups excluding carboxylic acids is 1. The van der Waals surface area contributed by atoms with Crippen LogP contribution in [0.15, 0.2) is 43.0 Å². The second-order valence-corrected chi connectivity index (χ2v) is 4.70. The van der Waals surface area contributed by atoms with Gasteiger partial charge in [-0.25, -0.2) is 0 Å². The van der Waals surface area contributed by atoms with E-state index in [2.05, 4.69) is 29.3 Å². The van der Waals surface area contributed by atoms with Gasteiger partial charge < -0.3 is 9.30 Å². The van der Waals surface area contributed by atoms with Gasteiger partial charge in [0.1, 0.15) is 0 Å². The van der Waals surface area contributed by atoms with Gasteiger partial charge in [0.25, 0.3) is 0 Å². The van der Waals surface area contributed by atoms with Gasteiger partial charge in [-0.15, -0.1) is 6.58 Å². The molecular formula is C16H19NO2. The van der Waals surface area contributed by atoms with Crippen LogP contribution < -0.4 is 0 Å². The Morgan fingerprint density at radius 1 is 1.47 bits per heavy atom. The molecule has 1 unspecified atom stereocenters. The third-order valence-electron chi connectivity index (χ3n) is 3.49. The zero-order valence-electron chi connectivity index (χ0n) is 11.4. The minimum absolute atomic E-state index is 0.162. The molecule has 100 valence electrons. The number of aromatic nitrogens is 1. The number of allylic oxidation sites excluding steroid dienone is 1. The molecule has 1 atom stereocenters. The molecule has 2 aromatic rings. The van der Waals surface area contributed by atoms with Crippen molar-refractivity contribution in [3.05, 3.63) is 48.7 Å². The zero-order valence-corrected chi connectivity index (χ0v) is 11.4. The molecule has 3 heteroatoms. The SMILES string of the molecule is C=CCC(Cc1cc2ccccc2n1C)C(=O)OC. The van der Waals surface area contributed by atoms with Crippen LogP contribution in [0.4, 0.5) is 0 Å². The minimum Gasteiger partial charge on any atom is -0.469 e. The summed E-state index contributed by atoms with van der Waals surface area (Å²) in [4.78, 5) is 11.8. The summed E-state index contributed by atoms with van der Waals surface area (Å²) in [6, 6.07) is 10.3. The molecule has 0 N–H and O–H groups in total. The molecular weight excluding hydrogens is 238 g/mol. The van der Waals surface area contributed by atoms with E-state index in [0.29, 0.717) is 12.8 Å². The molecule has 0 saturated carbocycles. The van der Waals surface area contributed by atoms with Gasteiger partial charge in [-0.05, 0) is 23.9 Å². The number of benzene rings is 1. The van der Waals surface area contributed by atoms with Crippen LogP contribution in [0.3, 0.4) is 0 Å². The van der Waals surface area contributed by atoms with Crippen LogP contribution in [-0.2, 0) is 23.0 Å². The van der Waals surface area contributed by atoms with E-state index >= 15 is 0 Å².